The van der Waals surface area contributed by atoms with Crippen LogP contribution in [0.1, 0.15) is 82.5 Å². The number of carbonyl (C=O) groups excluding carboxylic acids is 1. The van der Waals surface area contributed by atoms with E-state index in [2.05, 4.69) is 30.7 Å². The summed E-state index contributed by atoms with van der Waals surface area (Å²) in [5.74, 6) is 0.572. The molecule has 3 aromatic rings. The van der Waals surface area contributed by atoms with Crippen LogP contribution in [0.4, 0.5) is 0 Å². The second-order valence-corrected chi connectivity index (χ2v) is 13.1. The maximum absolute atomic E-state index is 13.4. The van der Waals surface area contributed by atoms with Gasteiger partial charge in [-0.25, -0.2) is 17.9 Å². The number of sulfonamides is 1. The molecule has 0 amide bonds. The topological polar surface area (TPSA) is 81.7 Å². The summed E-state index contributed by atoms with van der Waals surface area (Å²) in [7, 11) is -3.76. The molecule has 39 heavy (non-hydrogen) atoms. The van der Waals surface area contributed by atoms with Crippen molar-refractivity contribution in [3.05, 3.63) is 83.4 Å². The minimum atomic E-state index is -3.76. The largest absolute Gasteiger partial charge is 0.482 e. The molecular weight excluding hydrogens is 510 g/mol. The molecule has 0 bridgehead atoms. The first kappa shape index (κ1) is 28.8. The zero-order valence-electron chi connectivity index (χ0n) is 23.5. The summed E-state index contributed by atoms with van der Waals surface area (Å²) < 4.78 is 41.0. The fourth-order valence-corrected chi connectivity index (χ4v) is 6.16. The Balaban J connectivity index is 1.52. The van der Waals surface area contributed by atoms with E-state index in [-0.39, 0.29) is 17.5 Å². The number of fused-ring (bicyclic) bond motifs is 1. The highest BCUT2D eigenvalue weighted by molar-refractivity contribution is 7.89. The third-order valence-electron chi connectivity index (χ3n) is 6.83. The van der Waals surface area contributed by atoms with Crippen LogP contribution in [0, 0.1) is 0 Å². The Morgan fingerprint density at radius 2 is 1.69 bits per heavy atom. The molecule has 7 heteroatoms. The molecule has 4 rings (SSSR count). The van der Waals surface area contributed by atoms with E-state index >= 15 is 0 Å². The smallest absolute Gasteiger partial charge is 0.344 e. The Labute approximate surface area is 232 Å². The summed E-state index contributed by atoms with van der Waals surface area (Å²) in [6, 6.07) is 20.6. The number of hydrogen-bond acceptors (Lipinski definition) is 5. The van der Waals surface area contributed by atoms with Crippen LogP contribution in [-0.4, -0.2) is 26.6 Å². The van der Waals surface area contributed by atoms with E-state index < -0.39 is 21.6 Å². The highest BCUT2D eigenvalue weighted by Crippen LogP contribution is 2.35. The van der Waals surface area contributed by atoms with Crippen molar-refractivity contribution in [2.24, 2.45) is 0 Å². The van der Waals surface area contributed by atoms with Crippen molar-refractivity contribution in [3.8, 4) is 16.9 Å². The average Bonchev–Trinajstić information content (AvgIpc) is 3.09. The van der Waals surface area contributed by atoms with E-state index in [0.29, 0.717) is 18.1 Å². The molecule has 208 valence electrons. The van der Waals surface area contributed by atoms with Crippen molar-refractivity contribution in [2.45, 2.75) is 82.8 Å². The van der Waals surface area contributed by atoms with Gasteiger partial charge < -0.3 is 9.47 Å². The molecule has 1 aliphatic carbocycles. The summed E-state index contributed by atoms with van der Waals surface area (Å²) >= 11 is 0. The minimum absolute atomic E-state index is 0.198. The third kappa shape index (κ3) is 7.49. The summed E-state index contributed by atoms with van der Waals surface area (Å²) in [5, 5.41) is 0. The first-order valence-corrected chi connectivity index (χ1v) is 15.1. The van der Waals surface area contributed by atoms with Gasteiger partial charge in [0.2, 0.25) is 10.0 Å². The van der Waals surface area contributed by atoms with Gasteiger partial charge in [-0.15, -0.1) is 0 Å². The van der Waals surface area contributed by atoms with Crippen LogP contribution >= 0.6 is 0 Å². The van der Waals surface area contributed by atoms with Gasteiger partial charge in [-0.3, -0.25) is 0 Å². The number of nitrogens with one attached hydrogen (secondary N) is 1. The van der Waals surface area contributed by atoms with Gasteiger partial charge >= 0.3 is 5.97 Å². The van der Waals surface area contributed by atoms with Crippen LogP contribution in [0.2, 0.25) is 0 Å². The SMILES string of the molecule is CC(C)c1cccc(-c2ccc(S(=O)(=O)NC3CCCCc4c(OCC(=O)OC(C)(C)C)cccc43)cc2)c1. The molecule has 1 aliphatic rings. The highest BCUT2D eigenvalue weighted by Gasteiger charge is 2.27. The number of benzene rings is 3. The highest BCUT2D eigenvalue weighted by atomic mass is 32.2. The summed E-state index contributed by atoms with van der Waals surface area (Å²) in [5.41, 5.74) is 4.52. The van der Waals surface area contributed by atoms with Gasteiger partial charge in [0.25, 0.3) is 0 Å². The molecule has 0 heterocycles. The molecule has 0 saturated carbocycles. The van der Waals surface area contributed by atoms with Crippen LogP contribution in [0.25, 0.3) is 11.1 Å². The zero-order chi connectivity index (χ0) is 28.2. The van der Waals surface area contributed by atoms with E-state index in [9.17, 15) is 13.2 Å². The first-order valence-electron chi connectivity index (χ1n) is 13.6. The molecule has 3 aromatic carbocycles. The summed E-state index contributed by atoms with van der Waals surface area (Å²) in [4.78, 5) is 12.4. The molecule has 1 N–H and O–H groups in total. The quantitative estimate of drug-likeness (QED) is 0.243. The van der Waals surface area contributed by atoms with Crippen molar-refractivity contribution in [2.75, 3.05) is 6.61 Å². The van der Waals surface area contributed by atoms with Gasteiger partial charge in [-0.05, 0) is 92.0 Å². The molecule has 0 saturated heterocycles. The van der Waals surface area contributed by atoms with Crippen molar-refractivity contribution in [3.63, 3.8) is 0 Å². The Bertz CT molecular complexity index is 1410. The predicted molar refractivity (Wildman–Crippen MR) is 154 cm³/mol. The molecule has 0 fully saturated rings. The molecule has 0 radical (unpaired) electrons. The first-order chi connectivity index (χ1) is 18.4. The van der Waals surface area contributed by atoms with E-state index in [1.807, 2.05) is 63.2 Å². The fourth-order valence-electron chi connectivity index (χ4n) is 4.91. The van der Waals surface area contributed by atoms with Crippen molar-refractivity contribution >= 4 is 16.0 Å². The second-order valence-electron chi connectivity index (χ2n) is 11.4. The predicted octanol–water partition coefficient (Wildman–Crippen LogP) is 6.94. The molecule has 0 aliphatic heterocycles. The normalized spacial score (nSPS) is 15.9. The summed E-state index contributed by atoms with van der Waals surface area (Å²) in [6.45, 7) is 9.55. The van der Waals surface area contributed by atoms with Gasteiger partial charge in [-0.2, -0.15) is 0 Å². The van der Waals surface area contributed by atoms with Crippen LogP contribution in [-0.2, 0) is 26.0 Å². The minimum Gasteiger partial charge on any atom is -0.482 e. The van der Waals surface area contributed by atoms with E-state index in [4.69, 9.17) is 9.47 Å². The van der Waals surface area contributed by atoms with Crippen LogP contribution in [0.5, 0.6) is 5.75 Å². The van der Waals surface area contributed by atoms with Crippen molar-refractivity contribution < 1.29 is 22.7 Å². The standard InChI is InChI=1S/C32H39NO5S/c1-22(2)24-10-8-11-25(20-24)23-16-18-26(19-17-23)39(35,36)33-29-14-7-6-12-28-27(29)13-9-15-30(28)37-21-31(34)38-32(3,4)5/h8-11,13,15-20,22,29,33H,6-7,12,14,21H2,1-5H3. The van der Waals surface area contributed by atoms with E-state index in [1.54, 1.807) is 12.1 Å². The van der Waals surface area contributed by atoms with Gasteiger partial charge in [0.05, 0.1) is 4.90 Å². The number of rotatable bonds is 8. The van der Waals surface area contributed by atoms with Crippen LogP contribution in [0.3, 0.4) is 0 Å². The lowest BCUT2D eigenvalue weighted by atomic mass is 9.97. The molecule has 1 atom stereocenters. The monoisotopic (exact) mass is 549 g/mol. The van der Waals surface area contributed by atoms with Gasteiger partial charge in [0.1, 0.15) is 11.4 Å². The lowest BCUT2D eigenvalue weighted by Crippen LogP contribution is -2.29. The molecule has 0 spiro atoms. The van der Waals surface area contributed by atoms with Gasteiger partial charge in [0, 0.05) is 6.04 Å². The molecule has 6 nitrogen and oxygen atoms in total. The van der Waals surface area contributed by atoms with Gasteiger partial charge in [0.15, 0.2) is 6.61 Å². The molecule has 0 aromatic heterocycles. The maximum Gasteiger partial charge on any atom is 0.344 e. The number of ether oxygens (including phenoxy) is 2. The molecular formula is C32H39NO5S. The van der Waals surface area contributed by atoms with E-state index in [0.717, 1.165) is 41.5 Å². The Morgan fingerprint density at radius 1 is 0.974 bits per heavy atom. The van der Waals surface area contributed by atoms with Gasteiger partial charge in [-0.1, -0.05) is 68.8 Å². The van der Waals surface area contributed by atoms with Crippen LogP contribution in [0.15, 0.2) is 71.6 Å². The molecule has 1 unspecified atom stereocenters. The second kappa shape index (κ2) is 11.9. The fraction of sp³-hybridized carbons (Fsp3) is 0.406. The van der Waals surface area contributed by atoms with E-state index in [1.165, 1.54) is 5.56 Å². The Kier molecular flexibility index (Phi) is 8.82. The maximum atomic E-state index is 13.4. The number of hydrogen-bond donors (Lipinski definition) is 1. The Hall–Kier alpha value is -3.16. The Morgan fingerprint density at radius 3 is 2.38 bits per heavy atom. The average molecular weight is 550 g/mol. The number of carbonyl (C=O) groups is 1. The van der Waals surface area contributed by atoms with Crippen molar-refractivity contribution in [1.29, 1.82) is 0 Å². The lowest BCUT2D eigenvalue weighted by molar-refractivity contribution is -0.157. The number of esters is 1. The third-order valence-corrected chi connectivity index (χ3v) is 8.32. The lowest BCUT2D eigenvalue weighted by Gasteiger charge is -2.22. The van der Waals surface area contributed by atoms with Crippen LogP contribution < -0.4 is 9.46 Å². The summed E-state index contributed by atoms with van der Waals surface area (Å²) in [6.07, 6.45) is 3.21. The zero-order valence-corrected chi connectivity index (χ0v) is 24.3. The van der Waals surface area contributed by atoms with Crippen molar-refractivity contribution in [1.82, 2.24) is 4.72 Å².